The normalized spacial score (nSPS) is 35.5. The lowest BCUT2D eigenvalue weighted by Gasteiger charge is -2.60. The van der Waals surface area contributed by atoms with Crippen LogP contribution in [0, 0.1) is 11.8 Å². The Morgan fingerprint density at radius 3 is 2.23 bits per heavy atom. The van der Waals surface area contributed by atoms with Gasteiger partial charge in [0.15, 0.2) is 0 Å². The third-order valence-corrected chi connectivity index (χ3v) is 6.70. The van der Waals surface area contributed by atoms with Crippen molar-refractivity contribution in [3.63, 3.8) is 0 Å². The highest BCUT2D eigenvalue weighted by Gasteiger charge is 2.60. The molecule has 4 rings (SSSR count). The number of carbonyl (C=O) groups excluding carboxylic acids is 2. The number of ketones is 1. The molecule has 4 fully saturated rings. The van der Waals surface area contributed by atoms with Crippen LogP contribution in [0.25, 0.3) is 0 Å². The molecule has 4 saturated carbocycles. The van der Waals surface area contributed by atoms with E-state index in [-0.39, 0.29) is 30.6 Å². The largest absolute Gasteiger partial charge is 0.459 e. The minimum atomic E-state index is -4.16. The zero-order chi connectivity index (χ0) is 19.0. The number of hydrogen-bond donors (Lipinski definition) is 1. The summed E-state index contributed by atoms with van der Waals surface area (Å²) in [6, 6.07) is 0. The molecule has 4 aliphatic rings. The number of rotatable bonds is 9. The predicted octanol–water partition coefficient (Wildman–Crippen LogP) is 2.28. The van der Waals surface area contributed by atoms with Gasteiger partial charge in [-0.3, -0.25) is 14.1 Å². The van der Waals surface area contributed by atoms with Gasteiger partial charge in [-0.25, -0.2) is 0 Å². The third-order valence-electron chi connectivity index (χ3n) is 5.98. The monoisotopic (exact) mass is 388 g/mol. The van der Waals surface area contributed by atoms with E-state index in [1.165, 1.54) is 6.42 Å². The summed E-state index contributed by atoms with van der Waals surface area (Å²) in [7, 11) is -4.16. The Morgan fingerprint density at radius 2 is 1.65 bits per heavy atom. The second-order valence-electron chi connectivity index (χ2n) is 8.31. The molecule has 4 aliphatic carbocycles. The minimum Gasteiger partial charge on any atom is -0.459 e. The Morgan fingerprint density at radius 1 is 1.04 bits per heavy atom. The van der Waals surface area contributed by atoms with E-state index in [0.29, 0.717) is 18.4 Å². The van der Waals surface area contributed by atoms with E-state index in [2.05, 4.69) is 0 Å². The first-order valence-electron chi connectivity index (χ1n) is 9.45. The topological polar surface area (TPSA) is 107 Å². The molecule has 2 unspecified atom stereocenters. The van der Waals surface area contributed by atoms with E-state index in [4.69, 9.17) is 14.0 Å². The van der Waals surface area contributed by atoms with Crippen molar-refractivity contribution in [1.29, 1.82) is 0 Å². The van der Waals surface area contributed by atoms with E-state index in [9.17, 15) is 18.0 Å². The highest BCUT2D eigenvalue weighted by Crippen LogP contribution is 2.60. The molecule has 4 bridgehead atoms. The van der Waals surface area contributed by atoms with Gasteiger partial charge in [0.2, 0.25) is 0 Å². The predicted molar refractivity (Wildman–Crippen MR) is 93.1 cm³/mol. The summed E-state index contributed by atoms with van der Waals surface area (Å²) in [5.41, 5.74) is -0.627. The SMILES string of the molecule is CCOC12CC3CC(C1)CC(OC(=O)CCC(=O)CCS(=O)(=O)O)(C3)C2. The van der Waals surface area contributed by atoms with Crippen LogP contribution in [0.1, 0.15) is 64.7 Å². The highest BCUT2D eigenvalue weighted by atomic mass is 32.2. The molecule has 148 valence electrons. The van der Waals surface area contributed by atoms with Gasteiger partial charge in [-0.2, -0.15) is 8.42 Å². The van der Waals surface area contributed by atoms with Gasteiger partial charge in [-0.1, -0.05) is 0 Å². The maximum absolute atomic E-state index is 12.3. The first-order valence-corrected chi connectivity index (χ1v) is 11.1. The molecular formula is C18H28O7S. The molecule has 2 atom stereocenters. The van der Waals surface area contributed by atoms with E-state index in [0.717, 1.165) is 32.1 Å². The Balaban J connectivity index is 1.53. The van der Waals surface area contributed by atoms with Crippen molar-refractivity contribution in [3.8, 4) is 0 Å². The summed E-state index contributed by atoms with van der Waals surface area (Å²) >= 11 is 0. The van der Waals surface area contributed by atoms with Crippen molar-refractivity contribution in [2.24, 2.45) is 11.8 Å². The summed E-state index contributed by atoms with van der Waals surface area (Å²) in [6.45, 7) is 2.65. The first-order chi connectivity index (χ1) is 12.1. The molecule has 1 N–H and O–H groups in total. The van der Waals surface area contributed by atoms with Crippen molar-refractivity contribution >= 4 is 21.9 Å². The first kappa shape index (κ1) is 19.8. The minimum absolute atomic E-state index is 0.0526. The van der Waals surface area contributed by atoms with Crippen molar-refractivity contribution in [2.75, 3.05) is 12.4 Å². The van der Waals surface area contributed by atoms with Crippen LogP contribution in [0.15, 0.2) is 0 Å². The third kappa shape index (κ3) is 4.64. The number of carbonyl (C=O) groups is 2. The highest BCUT2D eigenvalue weighted by molar-refractivity contribution is 7.85. The van der Waals surface area contributed by atoms with Gasteiger partial charge in [0.25, 0.3) is 10.1 Å². The quantitative estimate of drug-likeness (QED) is 0.477. The van der Waals surface area contributed by atoms with Crippen LogP contribution < -0.4 is 0 Å². The summed E-state index contributed by atoms with van der Waals surface area (Å²) in [4.78, 5) is 24.0. The van der Waals surface area contributed by atoms with Gasteiger partial charge in [0.1, 0.15) is 11.4 Å². The molecular weight excluding hydrogens is 360 g/mol. The van der Waals surface area contributed by atoms with Crippen LogP contribution in [0.4, 0.5) is 0 Å². The molecule has 7 nitrogen and oxygen atoms in total. The lowest BCUT2D eigenvalue weighted by atomic mass is 9.52. The Kier molecular flexibility index (Phi) is 5.48. The number of esters is 1. The molecule has 0 aromatic rings. The zero-order valence-corrected chi connectivity index (χ0v) is 16.1. The molecule has 0 radical (unpaired) electrons. The fourth-order valence-electron chi connectivity index (χ4n) is 5.59. The van der Waals surface area contributed by atoms with Crippen molar-refractivity contribution in [3.05, 3.63) is 0 Å². The second-order valence-corrected chi connectivity index (χ2v) is 9.88. The summed E-state index contributed by atoms with van der Waals surface area (Å²) in [5.74, 6) is -0.306. The fraction of sp³-hybridized carbons (Fsp3) is 0.889. The Hall–Kier alpha value is -0.990. The molecule has 0 amide bonds. The fourth-order valence-corrected chi connectivity index (χ4v) is 6.08. The Bertz CT molecular complexity index is 655. The van der Waals surface area contributed by atoms with Gasteiger partial charge < -0.3 is 9.47 Å². The molecule has 0 spiro atoms. The number of hydrogen-bond acceptors (Lipinski definition) is 6. The number of ether oxygens (including phenoxy) is 2. The summed E-state index contributed by atoms with van der Waals surface area (Å²) < 4.78 is 42.0. The standard InChI is InChI=1S/C18H28O7S/c1-2-24-17-8-13-7-14(9-17)11-18(10-13,12-17)25-16(20)4-3-15(19)5-6-26(21,22)23/h13-14H,2-12H2,1H3,(H,21,22,23). The molecule has 0 heterocycles. The molecule has 0 saturated heterocycles. The van der Waals surface area contributed by atoms with Crippen LogP contribution in [0.5, 0.6) is 0 Å². The second kappa shape index (κ2) is 7.20. The molecule has 0 aliphatic heterocycles. The Labute approximate surface area is 154 Å². The summed E-state index contributed by atoms with van der Waals surface area (Å²) in [5, 5.41) is 0. The molecule has 0 aromatic carbocycles. The molecule has 0 aromatic heterocycles. The van der Waals surface area contributed by atoms with Gasteiger partial charge in [0, 0.05) is 25.9 Å². The smallest absolute Gasteiger partial charge is 0.306 e. The zero-order valence-electron chi connectivity index (χ0n) is 15.2. The average Bonchev–Trinajstić information content (AvgIpc) is 2.48. The van der Waals surface area contributed by atoms with Gasteiger partial charge >= 0.3 is 5.97 Å². The van der Waals surface area contributed by atoms with Crippen molar-refractivity contribution < 1.29 is 32.0 Å². The van der Waals surface area contributed by atoms with Crippen LogP contribution >= 0.6 is 0 Å². The van der Waals surface area contributed by atoms with Gasteiger partial charge in [0.05, 0.1) is 17.8 Å². The lowest BCUT2D eigenvalue weighted by Crippen LogP contribution is -2.61. The molecule has 8 heteroatoms. The number of Topliss-reactive ketones (excluding diaryl/α,β-unsaturated/α-hetero) is 1. The van der Waals surface area contributed by atoms with Crippen LogP contribution in [-0.2, 0) is 29.2 Å². The van der Waals surface area contributed by atoms with E-state index >= 15 is 0 Å². The van der Waals surface area contributed by atoms with Gasteiger partial charge in [-0.05, 0) is 50.9 Å². The van der Waals surface area contributed by atoms with Crippen LogP contribution in [0.2, 0.25) is 0 Å². The van der Waals surface area contributed by atoms with E-state index in [1.807, 2.05) is 6.92 Å². The lowest BCUT2D eigenvalue weighted by molar-refractivity contribution is -0.232. The van der Waals surface area contributed by atoms with Crippen molar-refractivity contribution in [2.45, 2.75) is 75.9 Å². The van der Waals surface area contributed by atoms with Crippen LogP contribution in [0.3, 0.4) is 0 Å². The van der Waals surface area contributed by atoms with E-state index in [1.54, 1.807) is 0 Å². The average molecular weight is 388 g/mol. The molecule has 26 heavy (non-hydrogen) atoms. The van der Waals surface area contributed by atoms with Gasteiger partial charge in [-0.15, -0.1) is 0 Å². The van der Waals surface area contributed by atoms with E-state index < -0.39 is 27.4 Å². The van der Waals surface area contributed by atoms with Crippen molar-refractivity contribution in [1.82, 2.24) is 0 Å². The maximum atomic E-state index is 12.3. The maximum Gasteiger partial charge on any atom is 0.306 e. The van der Waals surface area contributed by atoms with Crippen LogP contribution in [-0.4, -0.2) is 48.3 Å². The summed E-state index contributed by atoms with van der Waals surface area (Å²) in [6.07, 6.45) is 5.37.